The zero-order valence-corrected chi connectivity index (χ0v) is 12.7. The lowest BCUT2D eigenvalue weighted by Gasteiger charge is -2.16. The van der Waals surface area contributed by atoms with Crippen molar-refractivity contribution in [2.24, 2.45) is 17.8 Å². The van der Waals surface area contributed by atoms with E-state index in [9.17, 15) is 5.11 Å². The third-order valence-electron chi connectivity index (χ3n) is 4.27. The zero-order valence-electron chi connectivity index (χ0n) is 12.7. The van der Waals surface area contributed by atoms with E-state index in [1.807, 2.05) is 6.92 Å². The van der Waals surface area contributed by atoms with E-state index in [0.29, 0.717) is 5.92 Å². The highest BCUT2D eigenvalue weighted by atomic mass is 16.3. The molecule has 1 heteroatoms. The highest BCUT2D eigenvalue weighted by Crippen LogP contribution is 2.20. The molecule has 0 fully saturated rings. The molecule has 4 atom stereocenters. The Bertz CT molecular complexity index is 165. The second kappa shape index (κ2) is 9.94. The fraction of sp³-hybridized carbons (Fsp3) is 1.00. The van der Waals surface area contributed by atoms with E-state index in [4.69, 9.17) is 0 Å². The van der Waals surface area contributed by atoms with Crippen molar-refractivity contribution < 1.29 is 5.11 Å². The van der Waals surface area contributed by atoms with Crippen LogP contribution in [0.25, 0.3) is 0 Å². The third kappa shape index (κ3) is 9.64. The minimum Gasteiger partial charge on any atom is -0.393 e. The number of aliphatic hydroxyl groups excluding tert-OH is 1. The van der Waals surface area contributed by atoms with Gasteiger partial charge in [0.15, 0.2) is 0 Å². The monoisotopic (exact) mass is 242 g/mol. The summed E-state index contributed by atoms with van der Waals surface area (Å²) in [6.07, 6.45) is 9.12. The van der Waals surface area contributed by atoms with Crippen LogP contribution in [0.2, 0.25) is 0 Å². The Morgan fingerprint density at radius 3 is 1.71 bits per heavy atom. The molecule has 104 valence electrons. The van der Waals surface area contributed by atoms with Crippen molar-refractivity contribution in [3.63, 3.8) is 0 Å². The van der Waals surface area contributed by atoms with Crippen LogP contribution in [0.4, 0.5) is 0 Å². The van der Waals surface area contributed by atoms with Gasteiger partial charge in [0.05, 0.1) is 6.10 Å². The van der Waals surface area contributed by atoms with Crippen molar-refractivity contribution in [2.45, 2.75) is 85.7 Å². The maximum Gasteiger partial charge on any atom is 0.0537 e. The van der Waals surface area contributed by atoms with Crippen LogP contribution in [-0.2, 0) is 0 Å². The van der Waals surface area contributed by atoms with Crippen LogP contribution in [0.15, 0.2) is 0 Å². The SMILES string of the molecule is CCC(C)CCCC(C)CCC[C@@H](C)[C@H](C)O. The normalized spacial score (nSPS) is 18.7. The van der Waals surface area contributed by atoms with Gasteiger partial charge in [0.1, 0.15) is 0 Å². The van der Waals surface area contributed by atoms with Crippen LogP contribution in [0.3, 0.4) is 0 Å². The smallest absolute Gasteiger partial charge is 0.0537 e. The molecule has 2 unspecified atom stereocenters. The minimum absolute atomic E-state index is 0.143. The quantitative estimate of drug-likeness (QED) is 0.570. The van der Waals surface area contributed by atoms with E-state index >= 15 is 0 Å². The average Bonchev–Trinajstić information content (AvgIpc) is 2.28. The molecular formula is C16H34O. The largest absolute Gasteiger partial charge is 0.393 e. The minimum atomic E-state index is -0.143. The Hall–Kier alpha value is -0.0400. The molecule has 0 aliphatic rings. The highest BCUT2D eigenvalue weighted by Gasteiger charge is 2.09. The van der Waals surface area contributed by atoms with Gasteiger partial charge < -0.3 is 5.11 Å². The van der Waals surface area contributed by atoms with Gasteiger partial charge in [-0.05, 0) is 31.1 Å². The summed E-state index contributed by atoms with van der Waals surface area (Å²) in [6.45, 7) is 11.1. The van der Waals surface area contributed by atoms with Gasteiger partial charge >= 0.3 is 0 Å². The molecule has 0 aliphatic carbocycles. The fourth-order valence-electron chi connectivity index (χ4n) is 2.19. The first-order valence-corrected chi connectivity index (χ1v) is 7.65. The lowest BCUT2D eigenvalue weighted by Crippen LogP contribution is -2.13. The van der Waals surface area contributed by atoms with Crippen LogP contribution in [-0.4, -0.2) is 11.2 Å². The van der Waals surface area contributed by atoms with Gasteiger partial charge in [0.25, 0.3) is 0 Å². The molecule has 0 aromatic rings. The molecule has 0 amide bonds. The van der Waals surface area contributed by atoms with E-state index < -0.39 is 0 Å². The highest BCUT2D eigenvalue weighted by molar-refractivity contribution is 4.62. The van der Waals surface area contributed by atoms with Gasteiger partial charge in [-0.3, -0.25) is 0 Å². The number of rotatable bonds is 10. The maximum absolute atomic E-state index is 9.42. The standard InChI is InChI=1S/C16H34O/c1-6-13(2)9-7-10-14(3)11-8-12-15(4)16(5)17/h13-17H,6-12H2,1-5H3/t13?,14?,15-,16+/m1/s1. The summed E-state index contributed by atoms with van der Waals surface area (Å²) in [5.41, 5.74) is 0. The molecule has 0 spiro atoms. The molecule has 0 saturated heterocycles. The van der Waals surface area contributed by atoms with Crippen molar-refractivity contribution in [2.75, 3.05) is 0 Å². The molecule has 0 radical (unpaired) electrons. The van der Waals surface area contributed by atoms with E-state index in [1.54, 1.807) is 0 Å². The molecule has 0 heterocycles. The molecular weight excluding hydrogens is 208 g/mol. The number of hydrogen-bond acceptors (Lipinski definition) is 1. The first kappa shape index (κ1) is 17.0. The molecule has 0 aromatic heterocycles. The summed E-state index contributed by atoms with van der Waals surface area (Å²) < 4.78 is 0. The first-order valence-electron chi connectivity index (χ1n) is 7.65. The summed E-state index contributed by atoms with van der Waals surface area (Å²) >= 11 is 0. The predicted octanol–water partition coefficient (Wildman–Crippen LogP) is 5.03. The Kier molecular flexibility index (Phi) is 9.91. The number of aliphatic hydroxyl groups is 1. The molecule has 0 aromatic carbocycles. The Morgan fingerprint density at radius 2 is 1.24 bits per heavy atom. The molecule has 1 nitrogen and oxygen atoms in total. The van der Waals surface area contributed by atoms with Crippen LogP contribution < -0.4 is 0 Å². The van der Waals surface area contributed by atoms with Crippen molar-refractivity contribution in [1.82, 2.24) is 0 Å². The van der Waals surface area contributed by atoms with E-state index in [2.05, 4.69) is 27.7 Å². The summed E-state index contributed by atoms with van der Waals surface area (Å²) in [5, 5.41) is 9.42. The van der Waals surface area contributed by atoms with E-state index in [0.717, 1.165) is 11.8 Å². The summed E-state index contributed by atoms with van der Waals surface area (Å²) in [6, 6.07) is 0. The van der Waals surface area contributed by atoms with Crippen LogP contribution in [0, 0.1) is 17.8 Å². The predicted molar refractivity (Wildman–Crippen MR) is 77.2 cm³/mol. The van der Waals surface area contributed by atoms with Crippen molar-refractivity contribution in [3.8, 4) is 0 Å². The van der Waals surface area contributed by atoms with Gasteiger partial charge in [-0.1, -0.05) is 66.2 Å². The molecule has 0 rings (SSSR count). The van der Waals surface area contributed by atoms with Gasteiger partial charge in [-0.2, -0.15) is 0 Å². The van der Waals surface area contributed by atoms with Gasteiger partial charge in [-0.25, -0.2) is 0 Å². The van der Waals surface area contributed by atoms with E-state index in [-0.39, 0.29) is 6.10 Å². The molecule has 0 bridgehead atoms. The third-order valence-corrected chi connectivity index (χ3v) is 4.27. The second-order valence-electron chi connectivity index (χ2n) is 6.20. The first-order chi connectivity index (χ1) is 7.97. The van der Waals surface area contributed by atoms with Crippen molar-refractivity contribution in [1.29, 1.82) is 0 Å². The topological polar surface area (TPSA) is 20.2 Å². The second-order valence-corrected chi connectivity index (χ2v) is 6.20. The maximum atomic E-state index is 9.42. The van der Waals surface area contributed by atoms with Crippen LogP contribution in [0.5, 0.6) is 0 Å². The van der Waals surface area contributed by atoms with Crippen LogP contribution >= 0.6 is 0 Å². The summed E-state index contributed by atoms with van der Waals surface area (Å²) in [5.74, 6) is 2.22. The van der Waals surface area contributed by atoms with Gasteiger partial charge in [0.2, 0.25) is 0 Å². The lowest BCUT2D eigenvalue weighted by molar-refractivity contribution is 0.127. The lowest BCUT2D eigenvalue weighted by atomic mass is 9.91. The molecule has 17 heavy (non-hydrogen) atoms. The molecule has 0 saturated carbocycles. The Balaban J connectivity index is 3.43. The van der Waals surface area contributed by atoms with Gasteiger partial charge in [-0.15, -0.1) is 0 Å². The van der Waals surface area contributed by atoms with E-state index in [1.165, 1.54) is 44.9 Å². The van der Waals surface area contributed by atoms with Crippen LogP contribution in [0.1, 0.15) is 79.6 Å². The molecule has 0 aliphatic heterocycles. The Morgan fingerprint density at radius 1 is 0.765 bits per heavy atom. The zero-order chi connectivity index (χ0) is 13.3. The summed E-state index contributed by atoms with van der Waals surface area (Å²) in [7, 11) is 0. The van der Waals surface area contributed by atoms with Crippen molar-refractivity contribution >= 4 is 0 Å². The summed E-state index contributed by atoms with van der Waals surface area (Å²) in [4.78, 5) is 0. The average molecular weight is 242 g/mol. The van der Waals surface area contributed by atoms with Gasteiger partial charge in [0, 0.05) is 0 Å². The van der Waals surface area contributed by atoms with Crippen molar-refractivity contribution in [3.05, 3.63) is 0 Å². The fourth-order valence-corrected chi connectivity index (χ4v) is 2.19. The molecule has 1 N–H and O–H groups in total. The Labute approximate surface area is 109 Å². The number of hydrogen-bond donors (Lipinski definition) is 1.